The minimum Gasteiger partial charge on any atom is -0.347 e. The van der Waals surface area contributed by atoms with Crippen LogP contribution in [0.1, 0.15) is 40.9 Å². The molecule has 4 heteroatoms. The first kappa shape index (κ1) is 25.7. The highest BCUT2D eigenvalue weighted by Crippen LogP contribution is 2.25. The number of unbranched alkanes of at least 4 members (excludes halogenated alkanes) is 1. The maximum Gasteiger partial charge on any atom is 0.217 e. The Morgan fingerprint density at radius 2 is 1.26 bits per heavy atom. The SMILES string of the molecule is B(c1nccn1C[SiH2]CCCC=C(c1ccccc1)c1ccccc1)C(c1ccccc1)c1ccccc1. The molecule has 188 valence electrons. The second kappa shape index (κ2) is 13.6. The Morgan fingerprint density at radius 1 is 0.737 bits per heavy atom. The lowest BCUT2D eigenvalue weighted by Gasteiger charge is -2.18. The predicted octanol–water partition coefficient (Wildman–Crippen LogP) is 6.19. The lowest BCUT2D eigenvalue weighted by atomic mass is 9.58. The number of hydrogen-bond donors (Lipinski definition) is 0. The van der Waals surface area contributed by atoms with Gasteiger partial charge in [-0.25, -0.2) is 0 Å². The molecule has 0 aliphatic rings. The van der Waals surface area contributed by atoms with E-state index in [2.05, 4.69) is 138 Å². The Morgan fingerprint density at radius 3 is 1.82 bits per heavy atom. The van der Waals surface area contributed by atoms with Crippen LogP contribution >= 0.6 is 0 Å². The molecule has 4 aromatic carbocycles. The van der Waals surface area contributed by atoms with Gasteiger partial charge in [0.05, 0.1) is 5.72 Å². The van der Waals surface area contributed by atoms with Gasteiger partial charge >= 0.3 is 0 Å². The van der Waals surface area contributed by atoms with Crippen molar-refractivity contribution >= 4 is 28.1 Å². The number of aromatic nitrogens is 2. The van der Waals surface area contributed by atoms with E-state index in [9.17, 15) is 0 Å². The molecule has 0 N–H and O–H groups in total. The van der Waals surface area contributed by atoms with Gasteiger partial charge in [0.15, 0.2) is 0 Å². The van der Waals surface area contributed by atoms with Gasteiger partial charge < -0.3 is 4.57 Å². The molecule has 1 aromatic heterocycles. The summed E-state index contributed by atoms with van der Waals surface area (Å²) in [7, 11) is 0.711. The predicted molar refractivity (Wildman–Crippen MR) is 166 cm³/mol. The monoisotopic (exact) mass is 510 g/mol. The molecular formula is C34H35BN2Si. The van der Waals surface area contributed by atoms with Crippen LogP contribution in [0, 0.1) is 0 Å². The molecule has 2 nitrogen and oxygen atoms in total. The van der Waals surface area contributed by atoms with Gasteiger partial charge in [-0.1, -0.05) is 140 Å². The molecule has 0 radical (unpaired) electrons. The third kappa shape index (κ3) is 6.90. The number of hydrogen-bond acceptors (Lipinski definition) is 1. The van der Waals surface area contributed by atoms with Crippen LogP contribution in [0.2, 0.25) is 6.04 Å². The number of imidazole rings is 1. The Hall–Kier alpha value is -3.89. The molecule has 0 saturated heterocycles. The van der Waals surface area contributed by atoms with Crippen molar-refractivity contribution in [1.29, 1.82) is 0 Å². The highest BCUT2D eigenvalue weighted by molar-refractivity contribution is 6.54. The molecule has 0 amide bonds. The third-order valence-corrected chi connectivity index (χ3v) is 9.01. The Kier molecular flexibility index (Phi) is 9.21. The van der Waals surface area contributed by atoms with Crippen molar-refractivity contribution in [1.82, 2.24) is 9.55 Å². The molecule has 0 bridgehead atoms. The fraction of sp³-hybridized carbons (Fsp3) is 0.147. The van der Waals surface area contributed by atoms with Crippen LogP contribution in [0.4, 0.5) is 0 Å². The second-order valence-electron chi connectivity index (χ2n) is 9.81. The summed E-state index contributed by atoms with van der Waals surface area (Å²) in [5.41, 5.74) is 7.84. The van der Waals surface area contributed by atoms with Crippen molar-refractivity contribution in [3.8, 4) is 0 Å². The first-order valence-corrected chi connectivity index (χ1v) is 15.8. The Balaban J connectivity index is 1.19. The van der Waals surface area contributed by atoms with Crippen molar-refractivity contribution in [2.45, 2.75) is 30.9 Å². The average molecular weight is 511 g/mol. The maximum atomic E-state index is 4.79. The first-order chi connectivity index (χ1) is 18.9. The summed E-state index contributed by atoms with van der Waals surface area (Å²) >= 11 is 0. The second-order valence-corrected chi connectivity index (χ2v) is 11.7. The third-order valence-electron chi connectivity index (χ3n) is 7.21. The first-order valence-electron chi connectivity index (χ1n) is 13.8. The molecule has 1 heterocycles. The molecule has 0 fully saturated rings. The molecule has 5 rings (SSSR count). The fourth-order valence-corrected chi connectivity index (χ4v) is 6.82. The summed E-state index contributed by atoms with van der Waals surface area (Å²) in [4.78, 5) is 4.79. The van der Waals surface area contributed by atoms with E-state index in [4.69, 9.17) is 4.98 Å². The van der Waals surface area contributed by atoms with E-state index in [1.807, 2.05) is 6.20 Å². The molecule has 0 atom stereocenters. The molecule has 0 saturated carbocycles. The zero-order valence-electron chi connectivity index (χ0n) is 22.0. The van der Waals surface area contributed by atoms with Gasteiger partial charge in [0.1, 0.15) is 0 Å². The summed E-state index contributed by atoms with van der Waals surface area (Å²) in [5, 5.41) is 0. The van der Waals surface area contributed by atoms with Crippen LogP contribution in [0.5, 0.6) is 0 Å². The Bertz CT molecular complexity index is 1320. The largest absolute Gasteiger partial charge is 0.347 e. The van der Waals surface area contributed by atoms with E-state index in [1.165, 1.54) is 46.0 Å². The normalized spacial score (nSPS) is 11.2. The quantitative estimate of drug-likeness (QED) is 0.145. The topological polar surface area (TPSA) is 17.8 Å². The number of allylic oxidation sites excluding steroid dienone is 1. The van der Waals surface area contributed by atoms with E-state index in [0.29, 0.717) is 5.82 Å². The van der Waals surface area contributed by atoms with E-state index in [1.54, 1.807) is 0 Å². The summed E-state index contributed by atoms with van der Waals surface area (Å²) in [6, 6.07) is 44.6. The Labute approximate surface area is 230 Å². The molecule has 0 aliphatic heterocycles. The van der Waals surface area contributed by atoms with Gasteiger partial charge in [-0.3, -0.25) is 4.98 Å². The van der Waals surface area contributed by atoms with E-state index in [-0.39, 0.29) is 9.52 Å². The van der Waals surface area contributed by atoms with Gasteiger partial charge in [-0.05, 0) is 40.1 Å². The summed E-state index contributed by atoms with van der Waals surface area (Å²) in [5.74, 6) is 0.319. The van der Waals surface area contributed by atoms with Crippen LogP contribution in [0.25, 0.3) is 5.57 Å². The minimum absolute atomic E-state index is 0.215. The zero-order chi connectivity index (χ0) is 25.8. The van der Waals surface area contributed by atoms with Crippen LogP contribution < -0.4 is 5.72 Å². The number of benzene rings is 4. The van der Waals surface area contributed by atoms with Crippen molar-refractivity contribution in [2.24, 2.45) is 0 Å². The average Bonchev–Trinajstić information content (AvgIpc) is 3.44. The summed E-state index contributed by atoms with van der Waals surface area (Å²) in [6.45, 7) is 0. The van der Waals surface area contributed by atoms with Crippen molar-refractivity contribution in [2.75, 3.05) is 0 Å². The van der Waals surface area contributed by atoms with Gasteiger partial charge in [0.2, 0.25) is 7.28 Å². The number of nitrogens with zero attached hydrogens (tertiary/aromatic N) is 2. The highest BCUT2D eigenvalue weighted by atomic mass is 28.2. The van der Waals surface area contributed by atoms with Crippen LogP contribution in [-0.4, -0.2) is 26.4 Å². The summed E-state index contributed by atoms with van der Waals surface area (Å²) < 4.78 is 2.42. The lowest BCUT2D eigenvalue weighted by Crippen LogP contribution is -2.32. The van der Waals surface area contributed by atoms with E-state index in [0.717, 1.165) is 19.9 Å². The van der Waals surface area contributed by atoms with E-state index < -0.39 is 0 Å². The summed E-state index contributed by atoms with van der Waals surface area (Å²) in [6.07, 6.45) is 10.1. The molecule has 5 aromatic rings. The molecule has 38 heavy (non-hydrogen) atoms. The molecule has 0 unspecified atom stereocenters. The van der Waals surface area contributed by atoms with Gasteiger partial charge in [0, 0.05) is 28.1 Å². The van der Waals surface area contributed by atoms with Gasteiger partial charge in [-0.2, -0.15) is 0 Å². The minimum atomic E-state index is -0.215. The van der Waals surface area contributed by atoms with Gasteiger partial charge in [-0.15, -0.1) is 0 Å². The van der Waals surface area contributed by atoms with Crippen LogP contribution in [-0.2, 0) is 6.17 Å². The molecule has 0 aliphatic carbocycles. The van der Waals surface area contributed by atoms with Crippen LogP contribution in [0.3, 0.4) is 0 Å². The van der Waals surface area contributed by atoms with Crippen molar-refractivity contribution in [3.05, 3.63) is 162 Å². The lowest BCUT2D eigenvalue weighted by molar-refractivity contribution is 0.876. The molecule has 0 spiro atoms. The van der Waals surface area contributed by atoms with Crippen LogP contribution in [0.15, 0.2) is 140 Å². The zero-order valence-corrected chi connectivity index (χ0v) is 23.4. The number of rotatable bonds is 12. The smallest absolute Gasteiger partial charge is 0.217 e. The fourth-order valence-electron chi connectivity index (χ4n) is 5.20. The maximum absolute atomic E-state index is 4.79. The van der Waals surface area contributed by atoms with E-state index >= 15 is 0 Å². The standard InChI is InChI=1S/C34H35BN2Si/c1-5-15-28(16-6-1)32(29-17-7-2-8-18-29)23-13-14-26-38-27-37-25-24-36-34(37)35-33(30-19-9-3-10-20-30)31-21-11-4-12-22-31/h1-12,15-25,33,35H,13-14,26-27,38H2. The van der Waals surface area contributed by atoms with Crippen molar-refractivity contribution in [3.63, 3.8) is 0 Å². The van der Waals surface area contributed by atoms with Crippen molar-refractivity contribution < 1.29 is 0 Å². The van der Waals surface area contributed by atoms with Gasteiger partial charge in [0.25, 0.3) is 0 Å². The highest BCUT2D eigenvalue weighted by Gasteiger charge is 2.19. The molecular weight excluding hydrogens is 475 g/mol.